The molecule has 0 heterocycles. The molecule has 0 amide bonds. The Morgan fingerprint density at radius 2 is 1.81 bits per heavy atom. The molecular formula is C11H12F3NO. The normalized spacial score (nSPS) is 10.5. The van der Waals surface area contributed by atoms with Crippen molar-refractivity contribution in [1.82, 2.24) is 5.32 Å². The first-order chi connectivity index (χ1) is 7.54. The third kappa shape index (κ3) is 3.34. The Morgan fingerprint density at radius 1 is 1.25 bits per heavy atom. The number of Topliss-reactive ketones (excluding diaryl/α,β-unsaturated/α-hetero) is 1. The van der Waals surface area contributed by atoms with Crippen molar-refractivity contribution in [2.24, 2.45) is 0 Å². The first-order valence-corrected chi connectivity index (χ1v) is 4.90. The lowest BCUT2D eigenvalue weighted by Crippen LogP contribution is -2.22. The van der Waals surface area contributed by atoms with Gasteiger partial charge in [-0.15, -0.1) is 0 Å². The minimum absolute atomic E-state index is 0.00283. The molecule has 0 aromatic heterocycles. The zero-order chi connectivity index (χ0) is 12.1. The number of hydrogen-bond acceptors (Lipinski definition) is 2. The fourth-order valence-electron chi connectivity index (χ4n) is 1.18. The van der Waals surface area contributed by atoms with Crippen LogP contribution in [0.5, 0.6) is 0 Å². The first-order valence-electron chi connectivity index (χ1n) is 4.90. The number of carbonyl (C=O) groups excluding carboxylic acids is 1. The van der Waals surface area contributed by atoms with Crippen LogP contribution < -0.4 is 5.32 Å². The average molecular weight is 231 g/mol. The van der Waals surface area contributed by atoms with Gasteiger partial charge in [-0.25, -0.2) is 13.2 Å². The minimum atomic E-state index is -1.48. The van der Waals surface area contributed by atoms with E-state index in [0.29, 0.717) is 6.42 Å². The van der Waals surface area contributed by atoms with Crippen molar-refractivity contribution in [2.45, 2.75) is 19.9 Å². The summed E-state index contributed by atoms with van der Waals surface area (Å²) in [6, 6.07) is 1.81. The number of halogens is 3. The number of nitrogens with one attached hydrogen (secondary N) is 1. The Bertz CT molecular complexity index is 370. The SMILES string of the molecule is CCC(=O)CNCc1cc(F)c(F)c(F)c1. The van der Waals surface area contributed by atoms with Crippen LogP contribution in [0.4, 0.5) is 13.2 Å². The molecule has 1 N–H and O–H groups in total. The maximum atomic E-state index is 12.8. The number of benzene rings is 1. The molecule has 5 heteroatoms. The molecule has 0 aliphatic rings. The van der Waals surface area contributed by atoms with Crippen LogP contribution in [0, 0.1) is 17.5 Å². The van der Waals surface area contributed by atoms with Crippen LogP contribution in [0.25, 0.3) is 0 Å². The van der Waals surface area contributed by atoms with Gasteiger partial charge in [0.25, 0.3) is 0 Å². The fourth-order valence-corrected chi connectivity index (χ4v) is 1.18. The smallest absolute Gasteiger partial charge is 0.194 e. The lowest BCUT2D eigenvalue weighted by molar-refractivity contribution is -0.117. The predicted molar refractivity (Wildman–Crippen MR) is 53.3 cm³/mol. The van der Waals surface area contributed by atoms with Gasteiger partial charge >= 0.3 is 0 Å². The zero-order valence-corrected chi connectivity index (χ0v) is 8.82. The third-order valence-corrected chi connectivity index (χ3v) is 2.09. The van der Waals surface area contributed by atoms with E-state index in [1.807, 2.05) is 0 Å². The van der Waals surface area contributed by atoms with E-state index >= 15 is 0 Å². The number of carbonyl (C=O) groups is 1. The van der Waals surface area contributed by atoms with Crippen LogP contribution in [0.1, 0.15) is 18.9 Å². The topological polar surface area (TPSA) is 29.1 Å². The first kappa shape index (κ1) is 12.7. The van der Waals surface area contributed by atoms with Gasteiger partial charge < -0.3 is 5.32 Å². The molecule has 0 saturated heterocycles. The lowest BCUT2D eigenvalue weighted by Gasteiger charge is -2.04. The maximum Gasteiger partial charge on any atom is 0.194 e. The van der Waals surface area contributed by atoms with Crippen LogP contribution in [-0.4, -0.2) is 12.3 Å². The Balaban J connectivity index is 2.58. The number of rotatable bonds is 5. The molecule has 2 nitrogen and oxygen atoms in total. The van der Waals surface area contributed by atoms with Crippen LogP contribution in [0.3, 0.4) is 0 Å². The van der Waals surface area contributed by atoms with Crippen LogP contribution in [-0.2, 0) is 11.3 Å². The van der Waals surface area contributed by atoms with Gasteiger partial charge in [0, 0.05) is 13.0 Å². The molecule has 0 aliphatic carbocycles. The molecule has 16 heavy (non-hydrogen) atoms. The molecule has 1 rings (SSSR count). The van der Waals surface area contributed by atoms with Crippen molar-refractivity contribution in [3.05, 3.63) is 35.1 Å². The maximum absolute atomic E-state index is 12.8. The molecule has 0 aliphatic heterocycles. The van der Waals surface area contributed by atoms with Gasteiger partial charge in [0.1, 0.15) is 5.78 Å². The second-order valence-electron chi connectivity index (χ2n) is 3.37. The summed E-state index contributed by atoms with van der Waals surface area (Å²) >= 11 is 0. The van der Waals surface area contributed by atoms with Crippen molar-refractivity contribution in [3.63, 3.8) is 0 Å². The van der Waals surface area contributed by atoms with E-state index in [-0.39, 0.29) is 24.4 Å². The lowest BCUT2D eigenvalue weighted by atomic mass is 10.2. The van der Waals surface area contributed by atoms with Crippen molar-refractivity contribution in [2.75, 3.05) is 6.54 Å². The summed E-state index contributed by atoms with van der Waals surface area (Å²) in [5, 5.41) is 2.72. The Labute approximate surface area is 91.5 Å². The summed E-state index contributed by atoms with van der Waals surface area (Å²) in [5.74, 6) is -3.92. The van der Waals surface area contributed by atoms with Gasteiger partial charge in [0.05, 0.1) is 6.54 Å². The largest absolute Gasteiger partial charge is 0.306 e. The summed E-state index contributed by atoms with van der Waals surface area (Å²) in [6.45, 7) is 1.98. The van der Waals surface area contributed by atoms with E-state index in [1.54, 1.807) is 6.92 Å². The molecule has 0 radical (unpaired) electrons. The number of ketones is 1. The van der Waals surface area contributed by atoms with Crippen LogP contribution >= 0.6 is 0 Å². The standard InChI is InChI=1S/C11H12F3NO/c1-2-8(16)6-15-5-7-3-9(12)11(14)10(13)4-7/h3-4,15H,2,5-6H2,1H3. The van der Waals surface area contributed by atoms with E-state index in [0.717, 1.165) is 12.1 Å². The summed E-state index contributed by atoms with van der Waals surface area (Å²) in [5.41, 5.74) is 0.264. The predicted octanol–water partition coefficient (Wildman–Crippen LogP) is 2.17. The van der Waals surface area contributed by atoms with Gasteiger partial charge in [-0.05, 0) is 17.7 Å². The highest BCUT2D eigenvalue weighted by molar-refractivity contribution is 5.80. The molecule has 0 saturated carbocycles. The van der Waals surface area contributed by atoms with Gasteiger partial charge in [-0.3, -0.25) is 4.79 Å². The van der Waals surface area contributed by atoms with Crippen molar-refractivity contribution < 1.29 is 18.0 Å². The second-order valence-corrected chi connectivity index (χ2v) is 3.37. The van der Waals surface area contributed by atoms with Gasteiger partial charge in [-0.1, -0.05) is 6.92 Å². The van der Waals surface area contributed by atoms with Crippen LogP contribution in [0.15, 0.2) is 12.1 Å². The fraction of sp³-hybridized carbons (Fsp3) is 0.364. The van der Waals surface area contributed by atoms with E-state index in [9.17, 15) is 18.0 Å². The molecule has 0 unspecified atom stereocenters. The Hall–Kier alpha value is -1.36. The molecule has 88 valence electrons. The molecule has 1 aromatic rings. The highest BCUT2D eigenvalue weighted by Crippen LogP contribution is 2.13. The Morgan fingerprint density at radius 3 is 2.31 bits per heavy atom. The van der Waals surface area contributed by atoms with Crippen molar-refractivity contribution >= 4 is 5.78 Å². The Kier molecular flexibility index (Phi) is 4.49. The molecule has 0 bridgehead atoms. The molecule has 0 spiro atoms. The van der Waals surface area contributed by atoms with E-state index in [2.05, 4.69) is 5.32 Å². The van der Waals surface area contributed by atoms with Gasteiger partial charge in [-0.2, -0.15) is 0 Å². The highest BCUT2D eigenvalue weighted by Gasteiger charge is 2.10. The third-order valence-electron chi connectivity index (χ3n) is 2.09. The minimum Gasteiger partial charge on any atom is -0.306 e. The van der Waals surface area contributed by atoms with E-state index in [1.165, 1.54) is 0 Å². The molecule has 0 atom stereocenters. The molecular weight excluding hydrogens is 219 g/mol. The number of hydrogen-bond donors (Lipinski definition) is 1. The van der Waals surface area contributed by atoms with Crippen molar-refractivity contribution in [1.29, 1.82) is 0 Å². The van der Waals surface area contributed by atoms with Gasteiger partial charge in [0.2, 0.25) is 0 Å². The summed E-state index contributed by atoms with van der Waals surface area (Å²) in [4.78, 5) is 10.9. The van der Waals surface area contributed by atoms with Crippen LogP contribution in [0.2, 0.25) is 0 Å². The summed E-state index contributed by atoms with van der Waals surface area (Å²) in [7, 11) is 0. The van der Waals surface area contributed by atoms with Gasteiger partial charge in [0.15, 0.2) is 17.5 Å². The highest BCUT2D eigenvalue weighted by atomic mass is 19.2. The van der Waals surface area contributed by atoms with Crippen molar-refractivity contribution in [3.8, 4) is 0 Å². The zero-order valence-electron chi connectivity index (χ0n) is 8.82. The van der Waals surface area contributed by atoms with E-state index in [4.69, 9.17) is 0 Å². The quantitative estimate of drug-likeness (QED) is 0.787. The average Bonchev–Trinajstić information content (AvgIpc) is 2.25. The molecule has 0 fully saturated rings. The monoisotopic (exact) mass is 231 g/mol. The van der Waals surface area contributed by atoms with E-state index < -0.39 is 17.5 Å². The summed E-state index contributed by atoms with van der Waals surface area (Å²) < 4.78 is 38.2. The summed E-state index contributed by atoms with van der Waals surface area (Å²) in [6.07, 6.45) is 0.402. The molecule has 1 aromatic carbocycles. The second kappa shape index (κ2) is 5.65.